The molecule has 3 heterocycles. The lowest BCUT2D eigenvalue weighted by Crippen LogP contribution is -2.56. The summed E-state index contributed by atoms with van der Waals surface area (Å²) in [5, 5.41) is 9.31. The molecule has 1 aromatic rings. The molecule has 2 fully saturated rings. The molecule has 0 aliphatic carbocycles. The lowest BCUT2D eigenvalue weighted by atomic mass is 9.86. The predicted molar refractivity (Wildman–Crippen MR) is 98.5 cm³/mol. The van der Waals surface area contributed by atoms with Crippen molar-refractivity contribution in [3.8, 4) is 0 Å². The van der Waals surface area contributed by atoms with Crippen LogP contribution in [0.4, 0.5) is 5.82 Å². The largest absolute Gasteiger partial charge is 0.396 e. The van der Waals surface area contributed by atoms with Crippen LogP contribution in [0.5, 0.6) is 0 Å². The second-order valence-corrected chi connectivity index (χ2v) is 7.41. The first kappa shape index (κ1) is 17.6. The number of hydrogen-bond acceptors (Lipinski definition) is 5. The molecule has 2 aliphatic rings. The number of piperidine rings is 1. The summed E-state index contributed by atoms with van der Waals surface area (Å²) >= 11 is 0. The summed E-state index contributed by atoms with van der Waals surface area (Å²) < 4.78 is 0. The van der Waals surface area contributed by atoms with Crippen molar-refractivity contribution in [3.63, 3.8) is 0 Å². The normalized spacial score (nSPS) is 26.7. The van der Waals surface area contributed by atoms with Crippen LogP contribution in [0.2, 0.25) is 0 Å². The summed E-state index contributed by atoms with van der Waals surface area (Å²) in [6, 6.07) is 4.82. The van der Waals surface area contributed by atoms with E-state index < -0.39 is 0 Å². The third-order valence-corrected chi connectivity index (χ3v) is 5.72. The zero-order valence-electron chi connectivity index (χ0n) is 15.2. The molecule has 0 bridgehead atoms. The topological polar surface area (TPSA) is 42.8 Å². The maximum atomic E-state index is 9.31. The molecule has 134 valence electrons. The van der Waals surface area contributed by atoms with E-state index in [4.69, 9.17) is 0 Å². The minimum atomic E-state index is 0.300. The number of aliphatic hydroxyl groups excluding tert-OH is 1. The Bertz CT molecular complexity index is 516. The van der Waals surface area contributed by atoms with Gasteiger partial charge in [-0.1, -0.05) is 6.07 Å². The highest BCUT2D eigenvalue weighted by atomic mass is 16.2. The number of likely N-dealkylation sites (N-methyl/N-ethyl adjacent to an activating group) is 1. The standard InChI is InChI=1S/C19H32N4O/c1-16-5-3-8-20-19(16)23-9-7-18(17(15-23)6-4-14-24)22-12-10-21(2)11-13-22/h3,5,8,17-18,24H,4,6-7,9-15H2,1-2H3/t17-,18+/m1/s1. The fourth-order valence-electron chi connectivity index (χ4n) is 4.29. The third kappa shape index (κ3) is 4.08. The molecule has 1 aromatic heterocycles. The summed E-state index contributed by atoms with van der Waals surface area (Å²) in [7, 11) is 2.22. The van der Waals surface area contributed by atoms with E-state index >= 15 is 0 Å². The van der Waals surface area contributed by atoms with Crippen molar-refractivity contribution in [1.82, 2.24) is 14.8 Å². The van der Waals surface area contributed by atoms with E-state index in [9.17, 15) is 5.11 Å². The van der Waals surface area contributed by atoms with Crippen LogP contribution < -0.4 is 4.90 Å². The van der Waals surface area contributed by atoms with Gasteiger partial charge in [0.2, 0.25) is 0 Å². The van der Waals surface area contributed by atoms with Crippen molar-refractivity contribution in [1.29, 1.82) is 0 Å². The number of anilines is 1. The van der Waals surface area contributed by atoms with E-state index in [2.05, 4.69) is 39.7 Å². The van der Waals surface area contributed by atoms with Gasteiger partial charge in [-0.15, -0.1) is 0 Å². The first-order chi connectivity index (χ1) is 11.7. The summed E-state index contributed by atoms with van der Waals surface area (Å²) in [4.78, 5) is 12.2. The molecule has 0 aromatic carbocycles. The van der Waals surface area contributed by atoms with Crippen LogP contribution in [0.3, 0.4) is 0 Å². The van der Waals surface area contributed by atoms with Crippen LogP contribution in [0.1, 0.15) is 24.8 Å². The number of aryl methyl sites for hydroxylation is 1. The van der Waals surface area contributed by atoms with Gasteiger partial charge < -0.3 is 14.9 Å². The Balaban J connectivity index is 1.69. The van der Waals surface area contributed by atoms with Crippen molar-refractivity contribution in [3.05, 3.63) is 23.9 Å². The number of pyridine rings is 1. The van der Waals surface area contributed by atoms with E-state index in [1.54, 1.807) is 0 Å². The zero-order valence-corrected chi connectivity index (χ0v) is 15.2. The SMILES string of the molecule is Cc1cccnc1N1CC[C@H](N2CCN(C)CC2)[C@H](CCCO)C1. The third-order valence-electron chi connectivity index (χ3n) is 5.72. The second kappa shape index (κ2) is 8.28. The van der Waals surface area contributed by atoms with Gasteiger partial charge in [-0.3, -0.25) is 4.90 Å². The molecule has 0 unspecified atom stereocenters. The molecule has 5 heteroatoms. The number of aromatic nitrogens is 1. The van der Waals surface area contributed by atoms with Crippen LogP contribution >= 0.6 is 0 Å². The number of rotatable bonds is 5. The Kier molecular flexibility index (Phi) is 6.09. The number of aliphatic hydroxyl groups is 1. The Hall–Kier alpha value is -1.17. The lowest BCUT2D eigenvalue weighted by molar-refractivity contribution is 0.0637. The molecule has 0 radical (unpaired) electrons. The Labute approximate surface area is 146 Å². The van der Waals surface area contributed by atoms with Crippen molar-refractivity contribution in [2.24, 2.45) is 5.92 Å². The van der Waals surface area contributed by atoms with Crippen LogP contribution in [-0.2, 0) is 0 Å². The van der Waals surface area contributed by atoms with Gasteiger partial charge in [0, 0.05) is 58.1 Å². The van der Waals surface area contributed by atoms with Crippen LogP contribution in [-0.4, -0.2) is 78.9 Å². The van der Waals surface area contributed by atoms with E-state index in [1.807, 2.05) is 12.3 Å². The van der Waals surface area contributed by atoms with Crippen LogP contribution in [0, 0.1) is 12.8 Å². The summed E-state index contributed by atoms with van der Waals surface area (Å²) in [6.07, 6.45) is 5.12. The van der Waals surface area contributed by atoms with Crippen LogP contribution in [0.25, 0.3) is 0 Å². The molecular formula is C19H32N4O. The molecular weight excluding hydrogens is 300 g/mol. The van der Waals surface area contributed by atoms with E-state index in [0.29, 0.717) is 18.6 Å². The highest BCUT2D eigenvalue weighted by Gasteiger charge is 2.34. The summed E-state index contributed by atoms with van der Waals surface area (Å²) in [6.45, 7) is 9.31. The van der Waals surface area contributed by atoms with E-state index in [-0.39, 0.29) is 0 Å². The Morgan fingerprint density at radius 1 is 1.21 bits per heavy atom. The highest BCUT2D eigenvalue weighted by molar-refractivity contribution is 5.46. The van der Waals surface area contributed by atoms with Gasteiger partial charge in [-0.2, -0.15) is 0 Å². The Morgan fingerprint density at radius 2 is 2.00 bits per heavy atom. The lowest BCUT2D eigenvalue weighted by Gasteiger charge is -2.47. The average Bonchev–Trinajstić information content (AvgIpc) is 2.61. The van der Waals surface area contributed by atoms with Gasteiger partial charge in [0.25, 0.3) is 0 Å². The van der Waals surface area contributed by atoms with E-state index in [1.165, 1.54) is 38.2 Å². The molecule has 2 aliphatic heterocycles. The maximum Gasteiger partial charge on any atom is 0.131 e. The fourth-order valence-corrected chi connectivity index (χ4v) is 4.29. The van der Waals surface area contributed by atoms with Crippen LogP contribution in [0.15, 0.2) is 18.3 Å². The molecule has 2 atom stereocenters. The van der Waals surface area contributed by atoms with E-state index in [0.717, 1.165) is 31.7 Å². The molecule has 3 rings (SSSR count). The quantitative estimate of drug-likeness (QED) is 0.887. The first-order valence-electron chi connectivity index (χ1n) is 9.39. The van der Waals surface area contributed by atoms with Gasteiger partial charge in [0.1, 0.15) is 5.82 Å². The Morgan fingerprint density at radius 3 is 2.71 bits per heavy atom. The predicted octanol–water partition coefficient (Wildman–Crippen LogP) is 1.60. The summed E-state index contributed by atoms with van der Waals surface area (Å²) in [5.41, 5.74) is 1.26. The molecule has 24 heavy (non-hydrogen) atoms. The molecule has 0 spiro atoms. The maximum absolute atomic E-state index is 9.31. The van der Waals surface area contributed by atoms with Gasteiger partial charge in [-0.05, 0) is 50.8 Å². The van der Waals surface area contributed by atoms with Crippen molar-refractivity contribution >= 4 is 5.82 Å². The summed E-state index contributed by atoms with van der Waals surface area (Å²) in [5.74, 6) is 1.76. The molecule has 0 saturated carbocycles. The number of hydrogen-bond donors (Lipinski definition) is 1. The second-order valence-electron chi connectivity index (χ2n) is 7.41. The molecule has 5 nitrogen and oxygen atoms in total. The minimum Gasteiger partial charge on any atom is -0.396 e. The fraction of sp³-hybridized carbons (Fsp3) is 0.737. The van der Waals surface area contributed by atoms with Gasteiger partial charge in [0.15, 0.2) is 0 Å². The smallest absolute Gasteiger partial charge is 0.131 e. The van der Waals surface area contributed by atoms with Gasteiger partial charge in [0.05, 0.1) is 0 Å². The zero-order chi connectivity index (χ0) is 16.9. The average molecular weight is 332 g/mol. The number of piperazine rings is 1. The molecule has 1 N–H and O–H groups in total. The minimum absolute atomic E-state index is 0.300. The number of nitrogens with zero attached hydrogens (tertiary/aromatic N) is 4. The first-order valence-corrected chi connectivity index (χ1v) is 9.39. The van der Waals surface area contributed by atoms with Crippen molar-refractivity contribution in [2.75, 3.05) is 57.8 Å². The van der Waals surface area contributed by atoms with Crippen molar-refractivity contribution in [2.45, 2.75) is 32.2 Å². The van der Waals surface area contributed by atoms with Gasteiger partial charge >= 0.3 is 0 Å². The van der Waals surface area contributed by atoms with Gasteiger partial charge in [-0.25, -0.2) is 4.98 Å². The monoisotopic (exact) mass is 332 g/mol. The molecule has 2 saturated heterocycles. The highest BCUT2D eigenvalue weighted by Crippen LogP contribution is 2.30. The van der Waals surface area contributed by atoms with Crippen molar-refractivity contribution < 1.29 is 5.11 Å². The molecule has 0 amide bonds.